The Morgan fingerprint density at radius 3 is 2.17 bits per heavy atom. The first kappa shape index (κ1) is 16.3. The Morgan fingerprint density at radius 2 is 1.50 bits per heavy atom. The molecular weight excluding hydrogens is 326 g/mol. The fourth-order valence-electron chi connectivity index (χ4n) is 2.66. The molecule has 6 heteroatoms. The molecule has 3 rings (SSSR count). The summed E-state index contributed by atoms with van der Waals surface area (Å²) in [7, 11) is 0. The van der Waals surface area contributed by atoms with E-state index in [1.54, 1.807) is 36.4 Å². The first-order valence-corrected chi connectivity index (χ1v) is 8.23. The highest BCUT2D eigenvalue weighted by molar-refractivity contribution is 6.44. The molecule has 0 aromatic heterocycles. The lowest BCUT2D eigenvalue weighted by Crippen LogP contribution is -2.29. The summed E-state index contributed by atoms with van der Waals surface area (Å²) in [6, 6.07) is 14.3. The smallest absolute Gasteiger partial charge is 0.314 e. The number of nitrogens with zero attached hydrogens (tertiary/aromatic N) is 1. The van der Waals surface area contributed by atoms with Gasteiger partial charge in [0, 0.05) is 24.5 Å². The fraction of sp³-hybridized carbons (Fsp3) is 0.222. The Hall–Kier alpha value is -2.53. The quantitative estimate of drug-likeness (QED) is 0.838. The summed E-state index contributed by atoms with van der Waals surface area (Å²) in [5.74, 6) is -1.49. The van der Waals surface area contributed by atoms with Gasteiger partial charge in [-0.3, -0.25) is 9.59 Å². The van der Waals surface area contributed by atoms with Gasteiger partial charge in [-0.1, -0.05) is 23.7 Å². The second-order valence-corrected chi connectivity index (χ2v) is 6.04. The lowest BCUT2D eigenvalue weighted by Gasteiger charge is -2.17. The molecule has 1 fully saturated rings. The number of hydrogen-bond donors (Lipinski definition) is 2. The normalized spacial score (nSPS) is 13.6. The number of nitrogens with one attached hydrogen (secondary N) is 2. The third kappa shape index (κ3) is 3.86. The van der Waals surface area contributed by atoms with Crippen LogP contribution in [-0.4, -0.2) is 24.9 Å². The fourth-order valence-corrected chi connectivity index (χ4v) is 2.84. The number of carbonyl (C=O) groups is 2. The molecule has 24 heavy (non-hydrogen) atoms. The van der Waals surface area contributed by atoms with Crippen molar-refractivity contribution in [1.29, 1.82) is 0 Å². The number of halogens is 1. The summed E-state index contributed by atoms with van der Waals surface area (Å²) in [6.45, 7) is 2.12. The number of carbonyl (C=O) groups excluding carboxylic acids is 2. The van der Waals surface area contributed by atoms with Gasteiger partial charge in [0.25, 0.3) is 0 Å². The molecule has 0 spiro atoms. The molecule has 5 nitrogen and oxygen atoms in total. The molecular formula is C18H18ClN3O2. The molecule has 1 aliphatic heterocycles. The van der Waals surface area contributed by atoms with Gasteiger partial charge < -0.3 is 15.5 Å². The number of amides is 2. The molecule has 124 valence electrons. The lowest BCUT2D eigenvalue weighted by molar-refractivity contribution is -0.132. The molecule has 0 atom stereocenters. The minimum Gasteiger partial charge on any atom is -0.372 e. The zero-order chi connectivity index (χ0) is 16.9. The first-order chi connectivity index (χ1) is 11.6. The molecule has 2 aromatic carbocycles. The van der Waals surface area contributed by atoms with Crippen molar-refractivity contribution in [3.8, 4) is 0 Å². The highest BCUT2D eigenvalue weighted by Crippen LogP contribution is 2.22. The summed E-state index contributed by atoms with van der Waals surface area (Å²) >= 11 is 5.96. The van der Waals surface area contributed by atoms with Crippen LogP contribution in [-0.2, 0) is 9.59 Å². The third-order valence-corrected chi connectivity index (χ3v) is 4.25. The van der Waals surface area contributed by atoms with Crippen LogP contribution in [0.15, 0.2) is 48.5 Å². The van der Waals surface area contributed by atoms with E-state index >= 15 is 0 Å². The Morgan fingerprint density at radius 1 is 0.875 bits per heavy atom. The zero-order valence-electron chi connectivity index (χ0n) is 13.1. The van der Waals surface area contributed by atoms with Gasteiger partial charge in [-0.05, 0) is 49.2 Å². The standard InChI is InChI=1S/C18H18ClN3O2/c19-15-5-1-2-6-16(15)21-18(24)17(23)20-13-7-9-14(10-8-13)22-11-3-4-12-22/h1-2,5-10H,3-4,11-12H2,(H,20,23)(H,21,24). The highest BCUT2D eigenvalue weighted by Gasteiger charge is 2.16. The monoisotopic (exact) mass is 343 g/mol. The van der Waals surface area contributed by atoms with Crippen LogP contribution in [0.5, 0.6) is 0 Å². The van der Waals surface area contributed by atoms with Gasteiger partial charge in [0.15, 0.2) is 0 Å². The lowest BCUT2D eigenvalue weighted by atomic mass is 10.2. The van der Waals surface area contributed by atoms with Gasteiger partial charge in [-0.25, -0.2) is 0 Å². The summed E-state index contributed by atoms with van der Waals surface area (Å²) in [6.07, 6.45) is 2.42. The van der Waals surface area contributed by atoms with Crippen LogP contribution in [0, 0.1) is 0 Å². The van der Waals surface area contributed by atoms with E-state index < -0.39 is 11.8 Å². The second-order valence-electron chi connectivity index (χ2n) is 5.63. The van der Waals surface area contributed by atoms with E-state index in [0.29, 0.717) is 16.4 Å². The van der Waals surface area contributed by atoms with E-state index in [9.17, 15) is 9.59 Å². The van der Waals surface area contributed by atoms with Gasteiger partial charge in [-0.2, -0.15) is 0 Å². The van der Waals surface area contributed by atoms with Crippen molar-refractivity contribution >= 4 is 40.5 Å². The SMILES string of the molecule is O=C(Nc1ccc(N2CCCC2)cc1)C(=O)Nc1ccccc1Cl. The minimum absolute atomic E-state index is 0.383. The summed E-state index contributed by atoms with van der Waals surface area (Å²) in [4.78, 5) is 26.2. The largest absolute Gasteiger partial charge is 0.372 e. The first-order valence-electron chi connectivity index (χ1n) is 7.85. The van der Waals surface area contributed by atoms with Gasteiger partial charge in [0.2, 0.25) is 0 Å². The summed E-state index contributed by atoms with van der Waals surface area (Å²) < 4.78 is 0. The summed E-state index contributed by atoms with van der Waals surface area (Å²) in [5.41, 5.74) is 2.12. The molecule has 2 amide bonds. The van der Waals surface area contributed by atoms with E-state index in [-0.39, 0.29) is 0 Å². The maximum atomic E-state index is 12.0. The highest BCUT2D eigenvalue weighted by atomic mass is 35.5. The van der Waals surface area contributed by atoms with Crippen molar-refractivity contribution in [3.05, 3.63) is 53.6 Å². The van der Waals surface area contributed by atoms with Crippen molar-refractivity contribution < 1.29 is 9.59 Å². The van der Waals surface area contributed by atoms with Crippen molar-refractivity contribution in [3.63, 3.8) is 0 Å². The van der Waals surface area contributed by atoms with Crippen LogP contribution in [0.1, 0.15) is 12.8 Å². The maximum Gasteiger partial charge on any atom is 0.314 e. The minimum atomic E-state index is -0.758. The van der Waals surface area contributed by atoms with Crippen molar-refractivity contribution in [1.82, 2.24) is 0 Å². The average Bonchev–Trinajstić information content (AvgIpc) is 3.12. The van der Waals surface area contributed by atoms with Gasteiger partial charge in [0.1, 0.15) is 0 Å². The molecule has 2 aromatic rings. The third-order valence-electron chi connectivity index (χ3n) is 3.92. The predicted octanol–water partition coefficient (Wildman–Crippen LogP) is 3.52. The molecule has 1 aliphatic rings. The van der Waals surface area contributed by atoms with Gasteiger partial charge >= 0.3 is 11.8 Å². The van der Waals surface area contributed by atoms with Gasteiger partial charge in [-0.15, -0.1) is 0 Å². The van der Waals surface area contributed by atoms with E-state index in [2.05, 4.69) is 15.5 Å². The molecule has 1 saturated heterocycles. The van der Waals surface area contributed by atoms with Crippen LogP contribution in [0.2, 0.25) is 5.02 Å². The molecule has 0 unspecified atom stereocenters. The second kappa shape index (κ2) is 7.36. The summed E-state index contributed by atoms with van der Waals surface area (Å²) in [5, 5.41) is 5.46. The Bertz CT molecular complexity index is 740. The molecule has 0 saturated carbocycles. The molecule has 1 heterocycles. The van der Waals surface area contributed by atoms with Crippen LogP contribution in [0.3, 0.4) is 0 Å². The predicted molar refractivity (Wildman–Crippen MR) is 96.6 cm³/mol. The van der Waals surface area contributed by atoms with Crippen LogP contribution < -0.4 is 15.5 Å². The topological polar surface area (TPSA) is 61.4 Å². The van der Waals surface area contributed by atoms with Crippen molar-refractivity contribution in [2.75, 3.05) is 28.6 Å². The Kier molecular flexibility index (Phi) is 5.01. The number of rotatable bonds is 3. The van der Waals surface area contributed by atoms with Crippen LogP contribution in [0.4, 0.5) is 17.1 Å². The molecule has 0 aliphatic carbocycles. The average molecular weight is 344 g/mol. The van der Waals surface area contributed by atoms with Crippen molar-refractivity contribution in [2.45, 2.75) is 12.8 Å². The van der Waals surface area contributed by atoms with Crippen LogP contribution >= 0.6 is 11.6 Å². The zero-order valence-corrected chi connectivity index (χ0v) is 13.8. The number of para-hydroxylation sites is 1. The Balaban J connectivity index is 1.59. The van der Waals surface area contributed by atoms with Crippen LogP contribution in [0.25, 0.3) is 0 Å². The number of anilines is 3. The molecule has 0 bridgehead atoms. The van der Waals surface area contributed by atoms with E-state index in [4.69, 9.17) is 11.6 Å². The van der Waals surface area contributed by atoms with E-state index in [1.807, 2.05) is 12.1 Å². The molecule has 2 N–H and O–H groups in total. The van der Waals surface area contributed by atoms with Crippen molar-refractivity contribution in [2.24, 2.45) is 0 Å². The molecule has 0 radical (unpaired) electrons. The van der Waals surface area contributed by atoms with Gasteiger partial charge in [0.05, 0.1) is 10.7 Å². The van der Waals surface area contributed by atoms with E-state index in [0.717, 1.165) is 18.8 Å². The number of benzene rings is 2. The Labute approximate surface area is 145 Å². The van der Waals surface area contributed by atoms with E-state index in [1.165, 1.54) is 12.8 Å². The maximum absolute atomic E-state index is 12.0. The number of hydrogen-bond acceptors (Lipinski definition) is 3.